The summed E-state index contributed by atoms with van der Waals surface area (Å²) >= 11 is 0. The molecule has 4 N–H and O–H groups in total. The first kappa shape index (κ1) is 18.4. The summed E-state index contributed by atoms with van der Waals surface area (Å²) < 4.78 is 0. The molecule has 2 aromatic carbocycles. The first-order valence-corrected chi connectivity index (χ1v) is 9.18. The van der Waals surface area contributed by atoms with Crippen molar-refractivity contribution < 1.29 is 14.4 Å². The van der Waals surface area contributed by atoms with E-state index in [-0.39, 0.29) is 24.2 Å². The molecule has 29 heavy (non-hydrogen) atoms. The number of urea groups is 1. The summed E-state index contributed by atoms with van der Waals surface area (Å²) in [7, 11) is 0. The molecule has 4 amide bonds. The van der Waals surface area contributed by atoms with Gasteiger partial charge in [0.05, 0.1) is 23.5 Å². The maximum absolute atomic E-state index is 12.4. The molecule has 4 rings (SSSR count). The standard InChI is InChI=1S/C21H19N5O3/c27-18-11-15(20(28)25-18)10-13-6-8-16(9-7-13)23-21(29)24-17-12-22-26-19(17)14-4-2-1-3-5-14/h1-9,12,15H,10-11H2,(H,22,26)(H2,23,24,29)(H,25,27,28). The zero-order valence-corrected chi connectivity index (χ0v) is 15.4. The van der Waals surface area contributed by atoms with Gasteiger partial charge in [0, 0.05) is 17.7 Å². The highest BCUT2D eigenvalue weighted by Crippen LogP contribution is 2.25. The average molecular weight is 389 g/mol. The molecule has 3 aromatic rings. The summed E-state index contributed by atoms with van der Waals surface area (Å²) in [5.41, 5.74) is 3.75. The second kappa shape index (κ2) is 7.97. The van der Waals surface area contributed by atoms with Crippen molar-refractivity contribution in [2.45, 2.75) is 12.8 Å². The van der Waals surface area contributed by atoms with E-state index in [1.54, 1.807) is 18.3 Å². The van der Waals surface area contributed by atoms with Crippen LogP contribution in [-0.2, 0) is 16.0 Å². The summed E-state index contributed by atoms with van der Waals surface area (Å²) in [6.07, 6.45) is 2.26. The van der Waals surface area contributed by atoms with Crippen LogP contribution >= 0.6 is 0 Å². The molecule has 8 nitrogen and oxygen atoms in total. The van der Waals surface area contributed by atoms with Crippen LogP contribution in [0.15, 0.2) is 60.8 Å². The van der Waals surface area contributed by atoms with Crippen molar-refractivity contribution >= 4 is 29.2 Å². The van der Waals surface area contributed by atoms with Gasteiger partial charge in [-0.05, 0) is 24.1 Å². The van der Waals surface area contributed by atoms with E-state index in [2.05, 4.69) is 26.1 Å². The third kappa shape index (κ3) is 4.32. The van der Waals surface area contributed by atoms with Gasteiger partial charge in [0.15, 0.2) is 0 Å². The zero-order valence-electron chi connectivity index (χ0n) is 15.4. The van der Waals surface area contributed by atoms with E-state index < -0.39 is 6.03 Å². The van der Waals surface area contributed by atoms with Gasteiger partial charge in [-0.15, -0.1) is 0 Å². The van der Waals surface area contributed by atoms with E-state index in [0.717, 1.165) is 16.8 Å². The van der Waals surface area contributed by atoms with E-state index in [9.17, 15) is 14.4 Å². The number of rotatable bonds is 5. The molecule has 1 atom stereocenters. The van der Waals surface area contributed by atoms with Gasteiger partial charge in [-0.1, -0.05) is 42.5 Å². The number of amides is 4. The smallest absolute Gasteiger partial charge is 0.308 e. The summed E-state index contributed by atoms with van der Waals surface area (Å²) in [6, 6.07) is 16.4. The van der Waals surface area contributed by atoms with Gasteiger partial charge in [0.25, 0.3) is 0 Å². The normalized spacial score (nSPS) is 15.8. The van der Waals surface area contributed by atoms with Crippen LogP contribution in [0.3, 0.4) is 0 Å². The lowest BCUT2D eigenvalue weighted by Crippen LogP contribution is -2.22. The van der Waals surface area contributed by atoms with E-state index in [0.29, 0.717) is 17.8 Å². The highest BCUT2D eigenvalue weighted by Gasteiger charge is 2.30. The number of benzene rings is 2. The second-order valence-electron chi connectivity index (χ2n) is 6.82. The van der Waals surface area contributed by atoms with E-state index in [1.165, 1.54) is 0 Å². The molecule has 0 bridgehead atoms. The van der Waals surface area contributed by atoms with Gasteiger partial charge in [-0.25, -0.2) is 4.79 Å². The lowest BCUT2D eigenvalue weighted by molar-refractivity contribution is -0.125. The van der Waals surface area contributed by atoms with E-state index in [1.807, 2.05) is 42.5 Å². The Balaban J connectivity index is 1.37. The fraction of sp³-hybridized carbons (Fsp3) is 0.143. The van der Waals surface area contributed by atoms with Crippen LogP contribution in [0.25, 0.3) is 11.3 Å². The molecule has 0 radical (unpaired) electrons. The SMILES string of the molecule is O=C1CC(Cc2ccc(NC(=O)Nc3cn[nH]c3-c3ccccc3)cc2)C(=O)N1. The molecule has 8 heteroatoms. The highest BCUT2D eigenvalue weighted by molar-refractivity contribution is 6.03. The van der Waals surface area contributed by atoms with Gasteiger partial charge in [0.2, 0.25) is 11.8 Å². The monoisotopic (exact) mass is 389 g/mol. The average Bonchev–Trinajstić information content (AvgIpc) is 3.29. The number of imide groups is 1. The Bertz CT molecular complexity index is 1040. The van der Waals surface area contributed by atoms with E-state index >= 15 is 0 Å². The second-order valence-corrected chi connectivity index (χ2v) is 6.82. The van der Waals surface area contributed by atoms with Crippen molar-refractivity contribution in [1.29, 1.82) is 0 Å². The molecule has 0 saturated carbocycles. The topological polar surface area (TPSA) is 116 Å². The Kier molecular flexibility index (Phi) is 5.07. The van der Waals surface area contributed by atoms with Crippen LogP contribution in [0, 0.1) is 5.92 Å². The van der Waals surface area contributed by atoms with Crippen LogP contribution in [0.1, 0.15) is 12.0 Å². The van der Waals surface area contributed by atoms with Gasteiger partial charge >= 0.3 is 6.03 Å². The Hall–Kier alpha value is -3.94. The number of hydrogen-bond donors (Lipinski definition) is 4. The molecule has 1 saturated heterocycles. The van der Waals surface area contributed by atoms with Gasteiger partial charge in [-0.2, -0.15) is 5.10 Å². The molecule has 0 spiro atoms. The number of H-pyrrole nitrogens is 1. The lowest BCUT2D eigenvalue weighted by atomic mass is 9.98. The Morgan fingerprint density at radius 2 is 1.79 bits per heavy atom. The third-order valence-corrected chi connectivity index (χ3v) is 4.71. The van der Waals surface area contributed by atoms with Gasteiger partial charge in [0.1, 0.15) is 0 Å². The van der Waals surface area contributed by atoms with Gasteiger partial charge in [-0.3, -0.25) is 20.0 Å². The van der Waals surface area contributed by atoms with Crippen molar-refractivity contribution in [2.75, 3.05) is 10.6 Å². The van der Waals surface area contributed by atoms with Crippen molar-refractivity contribution in [1.82, 2.24) is 15.5 Å². The molecule has 1 aliphatic heterocycles. The Morgan fingerprint density at radius 1 is 1.03 bits per heavy atom. The minimum absolute atomic E-state index is 0.218. The molecule has 2 heterocycles. The van der Waals surface area contributed by atoms with Crippen LogP contribution in [-0.4, -0.2) is 28.0 Å². The lowest BCUT2D eigenvalue weighted by Gasteiger charge is -2.10. The van der Waals surface area contributed by atoms with Crippen LogP contribution < -0.4 is 16.0 Å². The third-order valence-electron chi connectivity index (χ3n) is 4.71. The van der Waals surface area contributed by atoms with Crippen LogP contribution in [0.5, 0.6) is 0 Å². The maximum Gasteiger partial charge on any atom is 0.323 e. The van der Waals surface area contributed by atoms with Crippen molar-refractivity contribution in [2.24, 2.45) is 5.92 Å². The quantitative estimate of drug-likeness (QED) is 0.502. The number of nitrogens with one attached hydrogen (secondary N) is 4. The Morgan fingerprint density at radius 3 is 2.48 bits per heavy atom. The predicted molar refractivity (Wildman–Crippen MR) is 108 cm³/mol. The number of carbonyl (C=O) groups excluding carboxylic acids is 3. The summed E-state index contributed by atoms with van der Waals surface area (Å²) in [4.78, 5) is 35.3. The summed E-state index contributed by atoms with van der Waals surface area (Å²) in [5.74, 6) is -0.794. The van der Waals surface area contributed by atoms with Crippen LogP contribution in [0.2, 0.25) is 0 Å². The summed E-state index contributed by atoms with van der Waals surface area (Å²) in [5, 5.41) is 14.8. The van der Waals surface area contributed by atoms with Crippen molar-refractivity contribution in [3.8, 4) is 11.3 Å². The fourth-order valence-corrected chi connectivity index (χ4v) is 3.27. The van der Waals surface area contributed by atoms with Crippen molar-refractivity contribution in [3.63, 3.8) is 0 Å². The minimum Gasteiger partial charge on any atom is -0.308 e. The minimum atomic E-state index is -0.392. The highest BCUT2D eigenvalue weighted by atomic mass is 16.2. The zero-order chi connectivity index (χ0) is 20.2. The van der Waals surface area contributed by atoms with Crippen LogP contribution in [0.4, 0.5) is 16.2 Å². The number of aromatic amines is 1. The molecule has 1 unspecified atom stereocenters. The summed E-state index contributed by atoms with van der Waals surface area (Å²) in [6.45, 7) is 0. The molecule has 0 aliphatic carbocycles. The molecule has 146 valence electrons. The number of aromatic nitrogens is 2. The van der Waals surface area contributed by atoms with E-state index in [4.69, 9.17) is 0 Å². The molecule has 1 aromatic heterocycles. The van der Waals surface area contributed by atoms with Crippen molar-refractivity contribution in [3.05, 3.63) is 66.4 Å². The number of nitrogens with zero attached hydrogens (tertiary/aromatic N) is 1. The number of carbonyl (C=O) groups is 3. The Labute approximate surface area is 166 Å². The number of anilines is 2. The largest absolute Gasteiger partial charge is 0.323 e. The van der Waals surface area contributed by atoms with Gasteiger partial charge < -0.3 is 10.6 Å². The maximum atomic E-state index is 12.4. The fourth-order valence-electron chi connectivity index (χ4n) is 3.27. The molecular formula is C21H19N5O3. The first-order valence-electron chi connectivity index (χ1n) is 9.18. The number of hydrogen-bond acceptors (Lipinski definition) is 4. The molecule has 1 fully saturated rings. The predicted octanol–water partition coefficient (Wildman–Crippen LogP) is 2.93. The first-order chi connectivity index (χ1) is 14.1. The molecular weight excluding hydrogens is 370 g/mol. The molecule has 1 aliphatic rings.